The van der Waals surface area contributed by atoms with Gasteiger partial charge in [-0.1, -0.05) is 19.1 Å². The monoisotopic (exact) mass is 261 g/mol. The summed E-state index contributed by atoms with van der Waals surface area (Å²) in [5, 5.41) is 2.94. The van der Waals surface area contributed by atoms with Crippen LogP contribution >= 0.6 is 0 Å². The first-order chi connectivity index (χ1) is 9.11. The topological polar surface area (TPSA) is 55.4 Å². The first kappa shape index (κ1) is 13.6. The molecule has 0 aromatic heterocycles. The van der Waals surface area contributed by atoms with Crippen LogP contribution in [0.15, 0.2) is 24.3 Å². The van der Waals surface area contributed by atoms with E-state index >= 15 is 0 Å². The average molecular weight is 261 g/mol. The molecule has 19 heavy (non-hydrogen) atoms. The Balaban J connectivity index is 1.77. The molecule has 0 spiro atoms. The molecule has 1 N–H and O–H groups in total. The van der Waals surface area contributed by atoms with Crippen molar-refractivity contribution in [2.45, 2.75) is 19.8 Å². The first-order valence-electron chi connectivity index (χ1n) is 6.56. The summed E-state index contributed by atoms with van der Waals surface area (Å²) in [5.74, 6) is 0.599. The van der Waals surface area contributed by atoms with E-state index in [4.69, 9.17) is 0 Å². The maximum atomic E-state index is 11.6. The summed E-state index contributed by atoms with van der Waals surface area (Å²) in [7, 11) is 1.37. The quantitative estimate of drug-likeness (QED) is 0.822. The van der Waals surface area contributed by atoms with Crippen LogP contribution in [0.3, 0.4) is 0 Å². The number of esters is 1. The Bertz CT molecular complexity index is 467. The standard InChI is InChI=1S/C15H19NO3/c1-10-9-13(10)14(17)16-8-7-11-3-5-12(6-4-11)15(18)19-2/h3-6,10,13H,7-9H2,1-2H3,(H,16,17). The molecule has 102 valence electrons. The fraction of sp³-hybridized carbons (Fsp3) is 0.467. The van der Waals surface area contributed by atoms with E-state index in [1.807, 2.05) is 12.1 Å². The van der Waals surface area contributed by atoms with Gasteiger partial charge in [-0.2, -0.15) is 0 Å². The Morgan fingerprint density at radius 3 is 2.47 bits per heavy atom. The largest absolute Gasteiger partial charge is 0.465 e. The van der Waals surface area contributed by atoms with Crippen molar-refractivity contribution in [3.8, 4) is 0 Å². The Hall–Kier alpha value is -1.84. The smallest absolute Gasteiger partial charge is 0.337 e. The van der Waals surface area contributed by atoms with Crippen molar-refractivity contribution in [1.82, 2.24) is 5.32 Å². The van der Waals surface area contributed by atoms with Gasteiger partial charge in [0.2, 0.25) is 5.91 Å². The van der Waals surface area contributed by atoms with E-state index in [1.165, 1.54) is 7.11 Å². The van der Waals surface area contributed by atoms with E-state index in [0.29, 0.717) is 18.0 Å². The highest BCUT2D eigenvalue weighted by Gasteiger charge is 2.38. The molecule has 1 saturated carbocycles. The number of nitrogens with one attached hydrogen (secondary N) is 1. The number of methoxy groups -OCH3 is 1. The molecular weight excluding hydrogens is 242 g/mol. The van der Waals surface area contributed by atoms with Crippen molar-refractivity contribution >= 4 is 11.9 Å². The lowest BCUT2D eigenvalue weighted by Gasteiger charge is -2.05. The van der Waals surface area contributed by atoms with Gasteiger partial charge in [-0.15, -0.1) is 0 Å². The van der Waals surface area contributed by atoms with E-state index < -0.39 is 0 Å². The SMILES string of the molecule is COC(=O)c1ccc(CCNC(=O)C2CC2C)cc1. The lowest BCUT2D eigenvalue weighted by Crippen LogP contribution is -2.27. The molecule has 0 heterocycles. The zero-order valence-corrected chi connectivity index (χ0v) is 11.3. The first-order valence-corrected chi connectivity index (χ1v) is 6.56. The third-order valence-electron chi connectivity index (χ3n) is 3.53. The molecule has 2 unspecified atom stereocenters. The van der Waals surface area contributed by atoms with Crippen molar-refractivity contribution in [2.24, 2.45) is 11.8 Å². The molecule has 1 aliphatic rings. The predicted molar refractivity (Wildman–Crippen MR) is 71.8 cm³/mol. The van der Waals surface area contributed by atoms with Gasteiger partial charge >= 0.3 is 5.97 Å². The highest BCUT2D eigenvalue weighted by atomic mass is 16.5. The van der Waals surface area contributed by atoms with E-state index in [1.54, 1.807) is 12.1 Å². The number of benzene rings is 1. The van der Waals surface area contributed by atoms with Gasteiger partial charge in [0.05, 0.1) is 12.7 Å². The van der Waals surface area contributed by atoms with Crippen LogP contribution < -0.4 is 5.32 Å². The number of hydrogen-bond acceptors (Lipinski definition) is 3. The van der Waals surface area contributed by atoms with Gasteiger partial charge in [0.1, 0.15) is 0 Å². The van der Waals surface area contributed by atoms with Gasteiger partial charge in [-0.05, 0) is 36.5 Å². The average Bonchev–Trinajstić information content (AvgIpc) is 3.16. The van der Waals surface area contributed by atoms with Crippen LogP contribution in [-0.4, -0.2) is 25.5 Å². The van der Waals surface area contributed by atoms with E-state index in [9.17, 15) is 9.59 Å². The summed E-state index contributed by atoms with van der Waals surface area (Å²) < 4.78 is 4.64. The Morgan fingerprint density at radius 1 is 1.32 bits per heavy atom. The van der Waals surface area contributed by atoms with Crippen LogP contribution in [0.1, 0.15) is 29.3 Å². The Kier molecular flexibility index (Phi) is 4.20. The fourth-order valence-corrected chi connectivity index (χ4v) is 2.07. The summed E-state index contributed by atoms with van der Waals surface area (Å²) in [6.07, 6.45) is 1.79. The van der Waals surface area contributed by atoms with Crippen molar-refractivity contribution < 1.29 is 14.3 Å². The molecule has 2 rings (SSSR count). The minimum absolute atomic E-state index is 0.165. The third-order valence-corrected chi connectivity index (χ3v) is 3.53. The van der Waals surface area contributed by atoms with Gasteiger partial charge in [0, 0.05) is 12.5 Å². The summed E-state index contributed by atoms with van der Waals surface area (Å²) >= 11 is 0. The minimum atomic E-state index is -0.331. The van der Waals surface area contributed by atoms with Crippen LogP contribution in [0.4, 0.5) is 0 Å². The number of amides is 1. The fourth-order valence-electron chi connectivity index (χ4n) is 2.07. The second kappa shape index (κ2) is 5.87. The predicted octanol–water partition coefficient (Wildman–Crippen LogP) is 1.79. The summed E-state index contributed by atoms with van der Waals surface area (Å²) in [4.78, 5) is 22.9. The second-order valence-corrected chi connectivity index (χ2v) is 5.05. The molecular formula is C15H19NO3. The number of ether oxygens (including phenoxy) is 1. The van der Waals surface area contributed by atoms with Crippen LogP contribution in [0.25, 0.3) is 0 Å². The molecule has 1 amide bonds. The molecule has 1 fully saturated rings. The molecule has 0 bridgehead atoms. The van der Waals surface area contributed by atoms with Crippen molar-refractivity contribution in [2.75, 3.05) is 13.7 Å². The molecule has 0 saturated heterocycles. The molecule has 0 aliphatic heterocycles. The summed E-state index contributed by atoms with van der Waals surface area (Å²) in [6.45, 7) is 2.73. The lowest BCUT2D eigenvalue weighted by molar-refractivity contribution is -0.122. The van der Waals surface area contributed by atoms with Crippen molar-refractivity contribution in [3.05, 3.63) is 35.4 Å². The highest BCUT2D eigenvalue weighted by molar-refractivity contribution is 5.89. The van der Waals surface area contributed by atoms with E-state index in [2.05, 4.69) is 17.0 Å². The third kappa shape index (κ3) is 3.56. The molecule has 1 aromatic rings. The van der Waals surface area contributed by atoms with Gasteiger partial charge < -0.3 is 10.1 Å². The molecule has 4 heteroatoms. The van der Waals surface area contributed by atoms with Gasteiger partial charge in [-0.25, -0.2) is 4.79 Å². The molecule has 0 radical (unpaired) electrons. The molecule has 4 nitrogen and oxygen atoms in total. The van der Waals surface area contributed by atoms with Crippen LogP contribution in [0.5, 0.6) is 0 Å². The lowest BCUT2D eigenvalue weighted by atomic mass is 10.1. The van der Waals surface area contributed by atoms with E-state index in [0.717, 1.165) is 18.4 Å². The van der Waals surface area contributed by atoms with Gasteiger partial charge in [-0.3, -0.25) is 4.79 Å². The molecule has 1 aliphatic carbocycles. The zero-order valence-electron chi connectivity index (χ0n) is 11.3. The van der Waals surface area contributed by atoms with Gasteiger partial charge in [0.15, 0.2) is 0 Å². The molecule has 2 atom stereocenters. The summed E-state index contributed by atoms with van der Waals surface area (Å²) in [5.41, 5.74) is 1.64. The number of rotatable bonds is 5. The molecule has 1 aromatic carbocycles. The van der Waals surface area contributed by atoms with E-state index in [-0.39, 0.29) is 17.8 Å². The van der Waals surface area contributed by atoms with Crippen LogP contribution in [0.2, 0.25) is 0 Å². The maximum Gasteiger partial charge on any atom is 0.337 e. The van der Waals surface area contributed by atoms with Crippen LogP contribution in [0, 0.1) is 11.8 Å². The number of carbonyl (C=O) groups excluding carboxylic acids is 2. The van der Waals surface area contributed by atoms with Crippen LogP contribution in [-0.2, 0) is 16.0 Å². The number of carbonyl (C=O) groups is 2. The Morgan fingerprint density at radius 2 is 1.95 bits per heavy atom. The Labute approximate surface area is 113 Å². The normalized spacial score (nSPS) is 20.7. The van der Waals surface area contributed by atoms with Crippen molar-refractivity contribution in [1.29, 1.82) is 0 Å². The summed E-state index contributed by atoms with van der Waals surface area (Å²) in [6, 6.07) is 7.26. The van der Waals surface area contributed by atoms with Crippen molar-refractivity contribution in [3.63, 3.8) is 0 Å². The number of hydrogen-bond donors (Lipinski definition) is 1. The highest BCUT2D eigenvalue weighted by Crippen LogP contribution is 2.37. The van der Waals surface area contributed by atoms with Gasteiger partial charge in [0.25, 0.3) is 0 Å². The second-order valence-electron chi connectivity index (χ2n) is 5.05. The zero-order chi connectivity index (χ0) is 13.8. The maximum absolute atomic E-state index is 11.6. The minimum Gasteiger partial charge on any atom is -0.465 e.